The Morgan fingerprint density at radius 2 is 1.80 bits per heavy atom. The standard InChI is InChI=1S/C21H18N2O2/c1-3-25-21(24)16-13-19(15-9-5-4-6-10-15)23-18-12-8-7-11-17(18)22-14(2)20(16)23/h4-13H,3H2,1-2H3. The van der Waals surface area contributed by atoms with Crippen LogP contribution in [0.15, 0.2) is 60.7 Å². The molecular weight excluding hydrogens is 312 g/mol. The third-order valence-electron chi connectivity index (χ3n) is 4.32. The maximum atomic E-state index is 12.5. The molecule has 2 heterocycles. The summed E-state index contributed by atoms with van der Waals surface area (Å²) in [5.74, 6) is -0.317. The Kier molecular flexibility index (Phi) is 3.73. The van der Waals surface area contributed by atoms with Gasteiger partial charge < -0.3 is 9.14 Å². The highest BCUT2D eigenvalue weighted by Gasteiger charge is 2.21. The quantitative estimate of drug-likeness (QED) is 0.514. The fourth-order valence-electron chi connectivity index (χ4n) is 3.28. The number of benzene rings is 2. The van der Waals surface area contributed by atoms with E-state index in [0.29, 0.717) is 12.2 Å². The third-order valence-corrected chi connectivity index (χ3v) is 4.32. The molecule has 0 aliphatic rings. The van der Waals surface area contributed by atoms with Crippen molar-refractivity contribution in [1.29, 1.82) is 0 Å². The number of ether oxygens (including phenoxy) is 1. The van der Waals surface area contributed by atoms with Gasteiger partial charge in [-0.3, -0.25) is 0 Å². The van der Waals surface area contributed by atoms with E-state index >= 15 is 0 Å². The van der Waals surface area contributed by atoms with Crippen LogP contribution >= 0.6 is 0 Å². The van der Waals surface area contributed by atoms with E-state index in [1.165, 1.54) is 0 Å². The van der Waals surface area contributed by atoms with Gasteiger partial charge in [0.15, 0.2) is 0 Å². The fraction of sp³-hybridized carbons (Fsp3) is 0.143. The molecular formula is C21H18N2O2. The molecule has 0 bridgehead atoms. The van der Waals surface area contributed by atoms with Gasteiger partial charge in [-0.25, -0.2) is 9.78 Å². The zero-order valence-electron chi connectivity index (χ0n) is 14.2. The van der Waals surface area contributed by atoms with E-state index < -0.39 is 0 Å². The molecule has 4 nitrogen and oxygen atoms in total. The molecule has 0 fully saturated rings. The first-order valence-corrected chi connectivity index (χ1v) is 8.34. The van der Waals surface area contributed by atoms with Crippen LogP contribution in [0.1, 0.15) is 23.0 Å². The van der Waals surface area contributed by atoms with Crippen molar-refractivity contribution < 1.29 is 9.53 Å². The number of para-hydroxylation sites is 2. The lowest BCUT2D eigenvalue weighted by Crippen LogP contribution is -2.05. The zero-order valence-corrected chi connectivity index (χ0v) is 14.2. The molecule has 4 heteroatoms. The number of aromatic nitrogens is 2. The number of hydrogen-bond acceptors (Lipinski definition) is 3. The van der Waals surface area contributed by atoms with Crippen LogP contribution in [0.3, 0.4) is 0 Å². The maximum absolute atomic E-state index is 12.5. The molecule has 4 rings (SSSR count). The first-order valence-electron chi connectivity index (χ1n) is 8.34. The van der Waals surface area contributed by atoms with Crippen LogP contribution in [0, 0.1) is 6.92 Å². The van der Waals surface area contributed by atoms with E-state index in [0.717, 1.165) is 33.5 Å². The van der Waals surface area contributed by atoms with Crippen LogP contribution in [-0.4, -0.2) is 22.0 Å². The Labute approximate surface area is 145 Å². The van der Waals surface area contributed by atoms with Crippen LogP contribution < -0.4 is 0 Å². The molecule has 2 aromatic heterocycles. The molecule has 2 aromatic carbocycles. The number of nitrogens with zero attached hydrogens (tertiary/aromatic N) is 2. The smallest absolute Gasteiger partial charge is 0.340 e. The molecule has 0 atom stereocenters. The average Bonchev–Trinajstić information content (AvgIpc) is 3.04. The largest absolute Gasteiger partial charge is 0.462 e. The monoisotopic (exact) mass is 330 g/mol. The van der Waals surface area contributed by atoms with Crippen molar-refractivity contribution >= 4 is 22.5 Å². The molecule has 0 aliphatic heterocycles. The minimum Gasteiger partial charge on any atom is -0.462 e. The van der Waals surface area contributed by atoms with Gasteiger partial charge in [-0.05, 0) is 37.6 Å². The highest BCUT2D eigenvalue weighted by molar-refractivity contribution is 6.02. The summed E-state index contributed by atoms with van der Waals surface area (Å²) >= 11 is 0. The minimum absolute atomic E-state index is 0.317. The van der Waals surface area contributed by atoms with Crippen LogP contribution in [0.2, 0.25) is 0 Å². The van der Waals surface area contributed by atoms with E-state index in [4.69, 9.17) is 4.74 Å². The Bertz CT molecular complexity index is 1080. The van der Waals surface area contributed by atoms with Gasteiger partial charge in [0.25, 0.3) is 0 Å². The summed E-state index contributed by atoms with van der Waals surface area (Å²) in [5, 5.41) is 0. The third kappa shape index (κ3) is 2.47. The van der Waals surface area contributed by atoms with Gasteiger partial charge in [0, 0.05) is 0 Å². The molecule has 0 amide bonds. The van der Waals surface area contributed by atoms with E-state index in [-0.39, 0.29) is 5.97 Å². The molecule has 0 aliphatic carbocycles. The fourth-order valence-corrected chi connectivity index (χ4v) is 3.28. The summed E-state index contributed by atoms with van der Waals surface area (Å²) in [6, 6.07) is 19.9. The minimum atomic E-state index is -0.317. The van der Waals surface area contributed by atoms with E-state index in [9.17, 15) is 4.79 Å². The SMILES string of the molecule is CCOC(=O)c1cc(-c2ccccc2)n2c1c(C)nc1ccccc12. The summed E-state index contributed by atoms with van der Waals surface area (Å²) < 4.78 is 7.38. The van der Waals surface area contributed by atoms with Crippen molar-refractivity contribution in [1.82, 2.24) is 9.38 Å². The number of carbonyl (C=O) groups excluding carboxylic acids is 1. The second kappa shape index (κ2) is 6.06. The number of fused-ring (bicyclic) bond motifs is 3. The zero-order chi connectivity index (χ0) is 17.4. The predicted octanol–water partition coefficient (Wildman–Crippen LogP) is 4.64. The number of rotatable bonds is 3. The summed E-state index contributed by atoms with van der Waals surface area (Å²) in [5.41, 5.74) is 6.04. The lowest BCUT2D eigenvalue weighted by molar-refractivity contribution is 0.0528. The first kappa shape index (κ1) is 15.4. The second-order valence-corrected chi connectivity index (χ2v) is 5.90. The van der Waals surface area contributed by atoms with Gasteiger partial charge in [-0.15, -0.1) is 0 Å². The van der Waals surface area contributed by atoms with E-state index in [1.807, 2.05) is 74.5 Å². The molecule has 4 aromatic rings. The van der Waals surface area contributed by atoms with Crippen molar-refractivity contribution in [3.05, 3.63) is 71.9 Å². The van der Waals surface area contributed by atoms with Crippen LogP contribution in [0.5, 0.6) is 0 Å². The lowest BCUT2D eigenvalue weighted by Gasteiger charge is -2.10. The van der Waals surface area contributed by atoms with Gasteiger partial charge in [0.2, 0.25) is 0 Å². The number of esters is 1. The average molecular weight is 330 g/mol. The predicted molar refractivity (Wildman–Crippen MR) is 98.8 cm³/mol. The number of aryl methyl sites for hydroxylation is 1. The summed E-state index contributed by atoms with van der Waals surface area (Å²) in [4.78, 5) is 17.2. The Balaban J connectivity index is 2.15. The van der Waals surface area contributed by atoms with Crippen molar-refractivity contribution in [2.45, 2.75) is 13.8 Å². The van der Waals surface area contributed by atoms with Crippen LogP contribution in [-0.2, 0) is 4.74 Å². The lowest BCUT2D eigenvalue weighted by atomic mass is 10.1. The number of hydrogen-bond donors (Lipinski definition) is 0. The highest BCUT2D eigenvalue weighted by Crippen LogP contribution is 2.31. The van der Waals surface area contributed by atoms with Gasteiger partial charge in [0.05, 0.1) is 40.1 Å². The van der Waals surface area contributed by atoms with Gasteiger partial charge in [0.1, 0.15) is 0 Å². The Morgan fingerprint density at radius 1 is 1.08 bits per heavy atom. The molecule has 25 heavy (non-hydrogen) atoms. The summed E-state index contributed by atoms with van der Waals surface area (Å²) in [6.45, 7) is 4.09. The van der Waals surface area contributed by atoms with Gasteiger partial charge >= 0.3 is 5.97 Å². The maximum Gasteiger partial charge on any atom is 0.340 e. The molecule has 124 valence electrons. The van der Waals surface area contributed by atoms with E-state index in [2.05, 4.69) is 9.38 Å². The van der Waals surface area contributed by atoms with Crippen molar-refractivity contribution in [3.63, 3.8) is 0 Å². The summed E-state index contributed by atoms with van der Waals surface area (Å²) in [6.07, 6.45) is 0. The molecule has 0 spiro atoms. The molecule has 0 unspecified atom stereocenters. The van der Waals surface area contributed by atoms with Crippen LogP contribution in [0.25, 0.3) is 27.8 Å². The Hall–Kier alpha value is -3.14. The molecule has 0 saturated heterocycles. The highest BCUT2D eigenvalue weighted by atomic mass is 16.5. The number of carbonyl (C=O) groups is 1. The molecule has 0 radical (unpaired) electrons. The van der Waals surface area contributed by atoms with Crippen molar-refractivity contribution in [2.75, 3.05) is 6.61 Å². The van der Waals surface area contributed by atoms with Crippen LogP contribution in [0.4, 0.5) is 0 Å². The normalized spacial score (nSPS) is 11.1. The molecule has 0 saturated carbocycles. The second-order valence-electron chi connectivity index (χ2n) is 5.90. The topological polar surface area (TPSA) is 43.6 Å². The molecule has 0 N–H and O–H groups in total. The first-order chi connectivity index (χ1) is 12.2. The van der Waals surface area contributed by atoms with Gasteiger partial charge in [-0.1, -0.05) is 42.5 Å². The Morgan fingerprint density at radius 3 is 2.56 bits per heavy atom. The van der Waals surface area contributed by atoms with Gasteiger partial charge in [-0.2, -0.15) is 0 Å². The van der Waals surface area contributed by atoms with E-state index in [1.54, 1.807) is 0 Å². The van der Waals surface area contributed by atoms with Crippen molar-refractivity contribution in [3.8, 4) is 11.3 Å². The summed E-state index contributed by atoms with van der Waals surface area (Å²) in [7, 11) is 0. The van der Waals surface area contributed by atoms with Crippen molar-refractivity contribution in [2.24, 2.45) is 0 Å².